The fourth-order valence-corrected chi connectivity index (χ4v) is 3.82. The van der Waals surface area contributed by atoms with Crippen molar-refractivity contribution in [2.75, 3.05) is 0 Å². The lowest BCUT2D eigenvalue weighted by molar-refractivity contribution is 0.480. The Balaban J connectivity index is 1.88. The van der Waals surface area contributed by atoms with Gasteiger partial charge in [-0.15, -0.1) is 0 Å². The number of hydrogen-bond acceptors (Lipinski definition) is 4. The Morgan fingerprint density at radius 2 is 1.79 bits per heavy atom. The molecule has 0 spiro atoms. The molecule has 1 heterocycles. The number of para-hydroxylation sites is 1. The number of phenolic OH excluding ortho intramolecular Hbond substituents is 1. The van der Waals surface area contributed by atoms with E-state index in [1.807, 2.05) is 49.4 Å². The first-order valence-electron chi connectivity index (χ1n) is 9.05. The van der Waals surface area contributed by atoms with Crippen LogP contribution >= 0.6 is 15.9 Å². The van der Waals surface area contributed by atoms with E-state index in [-0.39, 0.29) is 11.3 Å². The normalized spacial score (nSPS) is 11.6. The Bertz CT molecular complexity index is 1280. The van der Waals surface area contributed by atoms with Crippen molar-refractivity contribution in [1.29, 1.82) is 0 Å². The van der Waals surface area contributed by atoms with Crippen molar-refractivity contribution < 1.29 is 5.11 Å². The standard InChI is InChI=1S/C22H18BrN3O2/c1-2-7-20-25-19-11-6-5-10-17(19)22(28)26(20)24-13-14-12-18(23)15-8-3-4-9-16(15)21(14)27/h3-6,8-13,27H,2,7H2,1H3. The quantitative estimate of drug-likeness (QED) is 0.465. The molecule has 1 aromatic heterocycles. The molecule has 4 aromatic rings. The van der Waals surface area contributed by atoms with Gasteiger partial charge in [-0.1, -0.05) is 59.3 Å². The third-order valence-corrected chi connectivity index (χ3v) is 5.26. The molecule has 28 heavy (non-hydrogen) atoms. The Labute approximate surface area is 170 Å². The zero-order chi connectivity index (χ0) is 19.7. The van der Waals surface area contributed by atoms with Gasteiger partial charge in [-0.3, -0.25) is 4.79 Å². The van der Waals surface area contributed by atoms with Crippen LogP contribution < -0.4 is 5.56 Å². The van der Waals surface area contributed by atoms with E-state index in [4.69, 9.17) is 0 Å². The summed E-state index contributed by atoms with van der Waals surface area (Å²) in [6.07, 6.45) is 2.97. The fourth-order valence-electron chi connectivity index (χ4n) is 3.23. The van der Waals surface area contributed by atoms with Gasteiger partial charge < -0.3 is 5.11 Å². The molecule has 0 amide bonds. The smallest absolute Gasteiger partial charge is 0.282 e. The van der Waals surface area contributed by atoms with Crippen LogP contribution in [0.2, 0.25) is 0 Å². The topological polar surface area (TPSA) is 67.5 Å². The van der Waals surface area contributed by atoms with E-state index in [1.165, 1.54) is 10.9 Å². The minimum absolute atomic E-state index is 0.126. The molecule has 0 bridgehead atoms. The van der Waals surface area contributed by atoms with Gasteiger partial charge in [-0.2, -0.15) is 9.78 Å². The van der Waals surface area contributed by atoms with Crippen LogP contribution in [0.1, 0.15) is 24.7 Å². The number of aryl methyl sites for hydroxylation is 1. The van der Waals surface area contributed by atoms with Gasteiger partial charge in [0.15, 0.2) is 0 Å². The van der Waals surface area contributed by atoms with Gasteiger partial charge >= 0.3 is 0 Å². The van der Waals surface area contributed by atoms with E-state index >= 15 is 0 Å². The predicted octanol–water partition coefficient (Wildman–Crippen LogP) is 4.85. The monoisotopic (exact) mass is 435 g/mol. The summed E-state index contributed by atoms with van der Waals surface area (Å²) in [5.74, 6) is 0.725. The zero-order valence-electron chi connectivity index (χ0n) is 15.3. The third kappa shape index (κ3) is 3.20. The van der Waals surface area contributed by atoms with Gasteiger partial charge in [0, 0.05) is 21.8 Å². The molecule has 0 unspecified atom stereocenters. The lowest BCUT2D eigenvalue weighted by atomic mass is 10.1. The number of nitrogens with zero attached hydrogens (tertiary/aromatic N) is 3. The predicted molar refractivity (Wildman–Crippen MR) is 116 cm³/mol. The molecule has 0 atom stereocenters. The van der Waals surface area contributed by atoms with Gasteiger partial charge in [-0.05, 0) is 30.0 Å². The van der Waals surface area contributed by atoms with Crippen LogP contribution in [0, 0.1) is 0 Å². The number of benzene rings is 3. The molecule has 0 fully saturated rings. The highest BCUT2D eigenvalue weighted by Gasteiger charge is 2.11. The van der Waals surface area contributed by atoms with Crippen molar-refractivity contribution in [2.24, 2.45) is 5.10 Å². The summed E-state index contributed by atoms with van der Waals surface area (Å²) in [7, 11) is 0. The second-order valence-corrected chi connectivity index (χ2v) is 7.35. The number of hydrogen-bond donors (Lipinski definition) is 1. The second-order valence-electron chi connectivity index (χ2n) is 6.50. The lowest BCUT2D eigenvalue weighted by Gasteiger charge is -2.09. The molecule has 0 radical (unpaired) electrons. The van der Waals surface area contributed by atoms with Crippen LogP contribution in [0.3, 0.4) is 0 Å². The minimum Gasteiger partial charge on any atom is -0.507 e. The second kappa shape index (κ2) is 7.56. The number of rotatable bonds is 4. The number of aromatic hydroxyl groups is 1. The SMILES string of the molecule is CCCc1nc2ccccc2c(=O)n1N=Cc1cc(Br)c2ccccc2c1O. The molecule has 0 saturated carbocycles. The molecule has 6 heteroatoms. The third-order valence-electron chi connectivity index (χ3n) is 4.60. The molecular formula is C22H18BrN3O2. The number of fused-ring (bicyclic) bond motifs is 2. The Morgan fingerprint density at radius 3 is 2.54 bits per heavy atom. The maximum absolute atomic E-state index is 12.9. The first-order valence-corrected chi connectivity index (χ1v) is 9.84. The first kappa shape index (κ1) is 18.4. The van der Waals surface area contributed by atoms with Crippen molar-refractivity contribution in [3.05, 3.63) is 80.8 Å². The molecular weight excluding hydrogens is 418 g/mol. The average molecular weight is 436 g/mol. The van der Waals surface area contributed by atoms with E-state index in [0.29, 0.717) is 28.7 Å². The van der Waals surface area contributed by atoms with Crippen molar-refractivity contribution in [3.8, 4) is 5.75 Å². The maximum atomic E-state index is 12.9. The summed E-state index contributed by atoms with van der Waals surface area (Å²) in [4.78, 5) is 17.6. The van der Waals surface area contributed by atoms with E-state index in [9.17, 15) is 9.90 Å². The molecule has 0 aliphatic rings. The fraction of sp³-hybridized carbons (Fsp3) is 0.136. The summed E-state index contributed by atoms with van der Waals surface area (Å²) in [6, 6.07) is 16.6. The summed E-state index contributed by atoms with van der Waals surface area (Å²) in [5, 5.41) is 17.2. The van der Waals surface area contributed by atoms with Crippen LogP contribution in [0.4, 0.5) is 0 Å². The first-order chi connectivity index (χ1) is 13.6. The Hall–Kier alpha value is -2.99. The van der Waals surface area contributed by atoms with Crippen molar-refractivity contribution >= 4 is 43.8 Å². The van der Waals surface area contributed by atoms with Crippen molar-refractivity contribution in [3.63, 3.8) is 0 Å². The highest BCUT2D eigenvalue weighted by Crippen LogP contribution is 2.33. The van der Waals surface area contributed by atoms with Gasteiger partial charge in [0.2, 0.25) is 0 Å². The summed E-state index contributed by atoms with van der Waals surface area (Å²) < 4.78 is 2.18. The number of phenols is 1. The summed E-state index contributed by atoms with van der Waals surface area (Å²) in [6.45, 7) is 2.03. The molecule has 0 saturated heterocycles. The average Bonchev–Trinajstić information content (AvgIpc) is 2.71. The number of aromatic nitrogens is 2. The maximum Gasteiger partial charge on any atom is 0.282 e. The van der Waals surface area contributed by atoms with Gasteiger partial charge in [-0.25, -0.2) is 4.98 Å². The Morgan fingerprint density at radius 1 is 1.11 bits per heavy atom. The van der Waals surface area contributed by atoms with E-state index in [0.717, 1.165) is 21.7 Å². The van der Waals surface area contributed by atoms with Crippen LogP contribution in [-0.2, 0) is 6.42 Å². The molecule has 3 aromatic carbocycles. The highest BCUT2D eigenvalue weighted by atomic mass is 79.9. The number of halogens is 1. The zero-order valence-corrected chi connectivity index (χ0v) is 16.8. The van der Waals surface area contributed by atoms with E-state index in [1.54, 1.807) is 12.1 Å². The Kier molecular flexibility index (Phi) is 4.96. The van der Waals surface area contributed by atoms with Crippen LogP contribution in [0.25, 0.3) is 21.7 Å². The van der Waals surface area contributed by atoms with Crippen molar-refractivity contribution in [1.82, 2.24) is 9.66 Å². The van der Waals surface area contributed by atoms with Crippen molar-refractivity contribution in [2.45, 2.75) is 19.8 Å². The van der Waals surface area contributed by atoms with Crippen LogP contribution in [-0.4, -0.2) is 21.0 Å². The summed E-state index contributed by atoms with van der Waals surface area (Å²) in [5.41, 5.74) is 0.969. The molecule has 1 N–H and O–H groups in total. The minimum atomic E-state index is -0.218. The summed E-state index contributed by atoms with van der Waals surface area (Å²) >= 11 is 3.54. The highest BCUT2D eigenvalue weighted by molar-refractivity contribution is 9.10. The van der Waals surface area contributed by atoms with E-state index in [2.05, 4.69) is 26.0 Å². The molecule has 5 nitrogen and oxygen atoms in total. The van der Waals surface area contributed by atoms with Gasteiger partial charge in [0.25, 0.3) is 5.56 Å². The van der Waals surface area contributed by atoms with Crippen LogP contribution in [0.5, 0.6) is 5.75 Å². The molecule has 140 valence electrons. The van der Waals surface area contributed by atoms with Gasteiger partial charge in [0.1, 0.15) is 11.6 Å². The van der Waals surface area contributed by atoms with E-state index < -0.39 is 0 Å². The largest absolute Gasteiger partial charge is 0.507 e. The molecule has 0 aliphatic carbocycles. The lowest BCUT2D eigenvalue weighted by Crippen LogP contribution is -2.22. The van der Waals surface area contributed by atoms with Crippen LogP contribution in [0.15, 0.2) is 69.0 Å². The van der Waals surface area contributed by atoms with Gasteiger partial charge in [0.05, 0.1) is 17.1 Å². The molecule has 4 rings (SSSR count). The molecule has 0 aliphatic heterocycles.